The molecule has 0 aromatic carbocycles. The van der Waals surface area contributed by atoms with E-state index in [1.807, 2.05) is 0 Å². The van der Waals surface area contributed by atoms with E-state index in [0.29, 0.717) is 12.3 Å². The van der Waals surface area contributed by atoms with Crippen LogP contribution in [0.2, 0.25) is 0 Å². The number of hydrogen-bond donors (Lipinski definition) is 1. The van der Waals surface area contributed by atoms with E-state index in [1.54, 1.807) is 0 Å². The van der Waals surface area contributed by atoms with Crippen LogP contribution in [0.25, 0.3) is 0 Å². The SMILES string of the molecule is CC1(C)CCC[C@]2(C)[C@@H](C=O)[C@H](C(=O)O)CC[C@@H]12. The van der Waals surface area contributed by atoms with E-state index < -0.39 is 11.9 Å². The fourth-order valence-corrected chi connectivity index (χ4v) is 4.80. The van der Waals surface area contributed by atoms with Gasteiger partial charge in [-0.15, -0.1) is 0 Å². The number of aldehydes is 1. The van der Waals surface area contributed by atoms with Gasteiger partial charge in [-0.2, -0.15) is 0 Å². The quantitative estimate of drug-likeness (QED) is 0.768. The van der Waals surface area contributed by atoms with E-state index >= 15 is 0 Å². The van der Waals surface area contributed by atoms with Crippen molar-refractivity contribution in [2.24, 2.45) is 28.6 Å². The standard InChI is InChI=1S/C15H24O3/c1-14(2)7-4-8-15(3)11(9-16)10(13(17)18)5-6-12(14)15/h9-12H,4-8H2,1-3H3,(H,17,18)/t10-,11+,12+,15-/m1/s1. The van der Waals surface area contributed by atoms with Gasteiger partial charge in [0.2, 0.25) is 0 Å². The van der Waals surface area contributed by atoms with E-state index in [0.717, 1.165) is 25.5 Å². The Labute approximate surface area is 109 Å². The van der Waals surface area contributed by atoms with Crippen molar-refractivity contribution in [1.29, 1.82) is 0 Å². The van der Waals surface area contributed by atoms with Crippen LogP contribution in [0.4, 0.5) is 0 Å². The molecule has 0 bridgehead atoms. The Bertz CT molecular complexity index is 361. The summed E-state index contributed by atoms with van der Waals surface area (Å²) < 4.78 is 0. The van der Waals surface area contributed by atoms with Gasteiger partial charge in [-0.1, -0.05) is 27.2 Å². The monoisotopic (exact) mass is 252 g/mol. The number of fused-ring (bicyclic) bond motifs is 1. The van der Waals surface area contributed by atoms with Gasteiger partial charge in [-0.3, -0.25) is 4.79 Å². The largest absolute Gasteiger partial charge is 0.481 e. The zero-order valence-electron chi connectivity index (χ0n) is 11.6. The van der Waals surface area contributed by atoms with E-state index in [2.05, 4.69) is 20.8 Å². The summed E-state index contributed by atoms with van der Waals surface area (Å²) in [5.41, 5.74) is 0.114. The van der Waals surface area contributed by atoms with Crippen LogP contribution in [0.3, 0.4) is 0 Å². The summed E-state index contributed by atoms with van der Waals surface area (Å²) in [6.07, 6.45) is 5.82. The van der Waals surface area contributed by atoms with Crippen LogP contribution >= 0.6 is 0 Å². The van der Waals surface area contributed by atoms with Crippen molar-refractivity contribution in [2.45, 2.75) is 52.9 Å². The molecule has 2 aliphatic carbocycles. The molecule has 0 radical (unpaired) electrons. The predicted molar refractivity (Wildman–Crippen MR) is 69.1 cm³/mol. The fourth-order valence-electron chi connectivity index (χ4n) is 4.80. The van der Waals surface area contributed by atoms with Crippen LogP contribution in [0.5, 0.6) is 0 Å². The minimum Gasteiger partial charge on any atom is -0.481 e. The lowest BCUT2D eigenvalue weighted by molar-refractivity contribution is -0.160. The fraction of sp³-hybridized carbons (Fsp3) is 0.867. The molecular weight excluding hydrogens is 228 g/mol. The molecule has 0 heterocycles. The van der Waals surface area contributed by atoms with Gasteiger partial charge in [0, 0.05) is 5.92 Å². The van der Waals surface area contributed by atoms with E-state index in [-0.39, 0.29) is 16.7 Å². The lowest BCUT2D eigenvalue weighted by Gasteiger charge is -2.57. The molecule has 0 aliphatic heterocycles. The number of aliphatic carboxylic acids is 1. The Kier molecular flexibility index (Phi) is 3.28. The van der Waals surface area contributed by atoms with Crippen LogP contribution in [-0.2, 0) is 9.59 Å². The highest BCUT2D eigenvalue weighted by atomic mass is 16.4. The molecule has 0 aromatic rings. The van der Waals surface area contributed by atoms with E-state index in [9.17, 15) is 14.7 Å². The molecule has 0 unspecified atom stereocenters. The number of rotatable bonds is 2. The van der Waals surface area contributed by atoms with Crippen molar-refractivity contribution < 1.29 is 14.7 Å². The molecule has 2 rings (SSSR count). The zero-order valence-corrected chi connectivity index (χ0v) is 11.6. The summed E-state index contributed by atoms with van der Waals surface area (Å²) in [6, 6.07) is 0. The maximum atomic E-state index is 11.5. The second-order valence-electron chi connectivity index (χ2n) is 7.08. The second-order valence-corrected chi connectivity index (χ2v) is 7.08. The minimum absolute atomic E-state index is 0.120. The molecule has 102 valence electrons. The first-order valence-electron chi connectivity index (χ1n) is 7.01. The molecule has 3 heteroatoms. The average molecular weight is 252 g/mol. The first kappa shape index (κ1) is 13.6. The van der Waals surface area contributed by atoms with Crippen LogP contribution in [0, 0.1) is 28.6 Å². The van der Waals surface area contributed by atoms with E-state index in [4.69, 9.17) is 0 Å². The second kappa shape index (κ2) is 4.36. The summed E-state index contributed by atoms with van der Waals surface area (Å²) in [5, 5.41) is 9.32. The third kappa shape index (κ3) is 1.88. The van der Waals surface area contributed by atoms with Crippen LogP contribution in [0.15, 0.2) is 0 Å². The molecule has 0 aromatic heterocycles. The summed E-state index contributed by atoms with van der Waals surface area (Å²) in [7, 11) is 0. The lowest BCUT2D eigenvalue weighted by atomic mass is 9.47. The highest BCUT2D eigenvalue weighted by molar-refractivity contribution is 5.75. The van der Waals surface area contributed by atoms with Gasteiger partial charge in [-0.05, 0) is 42.4 Å². The van der Waals surface area contributed by atoms with Crippen molar-refractivity contribution in [3.63, 3.8) is 0 Å². The summed E-state index contributed by atoms with van der Waals surface area (Å²) in [5.74, 6) is -1.11. The number of carbonyl (C=O) groups excluding carboxylic acids is 1. The zero-order chi connectivity index (χ0) is 13.6. The van der Waals surface area contributed by atoms with Crippen molar-refractivity contribution in [3.8, 4) is 0 Å². The Morgan fingerprint density at radius 3 is 2.44 bits per heavy atom. The Hall–Kier alpha value is -0.860. The van der Waals surface area contributed by atoms with Crippen LogP contribution < -0.4 is 0 Å². The summed E-state index contributed by atoms with van der Waals surface area (Å²) in [6.45, 7) is 6.70. The van der Waals surface area contributed by atoms with Gasteiger partial charge in [-0.25, -0.2) is 0 Å². The Morgan fingerprint density at radius 2 is 1.89 bits per heavy atom. The van der Waals surface area contributed by atoms with Gasteiger partial charge in [0.15, 0.2) is 0 Å². The van der Waals surface area contributed by atoms with Crippen molar-refractivity contribution in [2.75, 3.05) is 0 Å². The normalized spacial score (nSPS) is 42.9. The maximum absolute atomic E-state index is 11.5. The molecule has 2 fully saturated rings. The topological polar surface area (TPSA) is 54.4 Å². The molecule has 2 saturated carbocycles. The molecule has 0 saturated heterocycles. The van der Waals surface area contributed by atoms with Gasteiger partial charge in [0.05, 0.1) is 5.92 Å². The van der Waals surface area contributed by atoms with Crippen LogP contribution in [-0.4, -0.2) is 17.4 Å². The third-order valence-electron chi connectivity index (χ3n) is 5.70. The smallest absolute Gasteiger partial charge is 0.307 e. The van der Waals surface area contributed by atoms with Crippen LogP contribution in [0.1, 0.15) is 52.9 Å². The highest BCUT2D eigenvalue weighted by Crippen LogP contribution is 2.60. The summed E-state index contributed by atoms with van der Waals surface area (Å²) >= 11 is 0. The molecule has 4 atom stereocenters. The highest BCUT2D eigenvalue weighted by Gasteiger charge is 2.56. The molecule has 0 amide bonds. The Morgan fingerprint density at radius 1 is 1.22 bits per heavy atom. The number of carboxylic acids is 1. The summed E-state index contributed by atoms with van der Waals surface area (Å²) in [4.78, 5) is 22.8. The maximum Gasteiger partial charge on any atom is 0.307 e. The molecule has 18 heavy (non-hydrogen) atoms. The molecule has 2 aliphatic rings. The predicted octanol–water partition coefficient (Wildman–Crippen LogP) is 3.13. The van der Waals surface area contributed by atoms with Gasteiger partial charge in [0.1, 0.15) is 6.29 Å². The first-order valence-corrected chi connectivity index (χ1v) is 7.01. The first-order chi connectivity index (χ1) is 8.33. The van der Waals surface area contributed by atoms with Crippen molar-refractivity contribution in [3.05, 3.63) is 0 Å². The number of carbonyl (C=O) groups is 2. The molecular formula is C15H24O3. The van der Waals surface area contributed by atoms with Gasteiger partial charge < -0.3 is 9.90 Å². The van der Waals surface area contributed by atoms with Crippen molar-refractivity contribution in [1.82, 2.24) is 0 Å². The number of carboxylic acid groups (broad SMARTS) is 1. The minimum atomic E-state index is -0.796. The molecule has 3 nitrogen and oxygen atoms in total. The average Bonchev–Trinajstić information content (AvgIpc) is 2.26. The van der Waals surface area contributed by atoms with E-state index in [1.165, 1.54) is 6.42 Å². The van der Waals surface area contributed by atoms with Gasteiger partial charge >= 0.3 is 5.97 Å². The molecule has 0 spiro atoms. The Balaban J connectivity index is 2.37. The third-order valence-corrected chi connectivity index (χ3v) is 5.70. The van der Waals surface area contributed by atoms with Crippen molar-refractivity contribution >= 4 is 12.3 Å². The number of hydrogen-bond acceptors (Lipinski definition) is 2. The molecule has 1 N–H and O–H groups in total. The van der Waals surface area contributed by atoms with Gasteiger partial charge in [0.25, 0.3) is 0 Å². The lowest BCUT2D eigenvalue weighted by Crippen LogP contribution is -2.53.